The molecule has 2 aromatic carbocycles. The molecular formula is C15H17N3O2. The molecule has 0 aromatic heterocycles. The van der Waals surface area contributed by atoms with Crippen LogP contribution in [-0.2, 0) is 11.3 Å². The third-order valence-corrected chi connectivity index (χ3v) is 2.74. The number of methoxy groups -OCH3 is 1. The van der Waals surface area contributed by atoms with Crippen LogP contribution in [0.15, 0.2) is 42.5 Å². The van der Waals surface area contributed by atoms with Gasteiger partial charge in [0.15, 0.2) is 0 Å². The number of nitrogen functional groups attached to an aromatic ring is 2. The average molecular weight is 271 g/mol. The van der Waals surface area contributed by atoms with Crippen molar-refractivity contribution in [2.45, 2.75) is 6.61 Å². The summed E-state index contributed by atoms with van der Waals surface area (Å²) in [6, 6.07) is 12.2. The van der Waals surface area contributed by atoms with Crippen LogP contribution >= 0.6 is 0 Å². The highest BCUT2D eigenvalue weighted by molar-refractivity contribution is 6.05. The number of nitrogens with two attached hydrogens (primary N) is 2. The fraction of sp³-hybridized carbons (Fsp3) is 0.133. The largest absolute Gasteiger partial charge is 0.399 e. The quantitative estimate of drug-likeness (QED) is 0.744. The van der Waals surface area contributed by atoms with Crippen molar-refractivity contribution >= 4 is 23.0 Å². The average Bonchev–Trinajstić information content (AvgIpc) is 2.38. The van der Waals surface area contributed by atoms with E-state index in [-0.39, 0.29) is 5.91 Å². The molecule has 104 valence electrons. The molecule has 0 bridgehead atoms. The number of hydrogen-bond acceptors (Lipinski definition) is 4. The van der Waals surface area contributed by atoms with Crippen LogP contribution in [0, 0.1) is 0 Å². The fourth-order valence-corrected chi connectivity index (χ4v) is 1.92. The van der Waals surface area contributed by atoms with Gasteiger partial charge >= 0.3 is 0 Å². The second kappa shape index (κ2) is 6.08. The highest BCUT2D eigenvalue weighted by Gasteiger charge is 2.08. The van der Waals surface area contributed by atoms with E-state index in [0.717, 1.165) is 5.56 Å². The van der Waals surface area contributed by atoms with E-state index in [4.69, 9.17) is 16.2 Å². The molecule has 5 heteroatoms. The van der Waals surface area contributed by atoms with Crippen LogP contribution < -0.4 is 16.8 Å². The lowest BCUT2D eigenvalue weighted by molar-refractivity contribution is 0.102. The van der Waals surface area contributed by atoms with Crippen LogP contribution in [0.3, 0.4) is 0 Å². The maximum absolute atomic E-state index is 12.1. The zero-order valence-electron chi connectivity index (χ0n) is 11.2. The number of hydrogen-bond donors (Lipinski definition) is 3. The van der Waals surface area contributed by atoms with Gasteiger partial charge in [-0.2, -0.15) is 0 Å². The first-order valence-corrected chi connectivity index (χ1v) is 6.14. The molecule has 0 aliphatic carbocycles. The molecule has 0 aliphatic rings. The van der Waals surface area contributed by atoms with Crippen molar-refractivity contribution in [3.63, 3.8) is 0 Å². The molecule has 0 unspecified atom stereocenters. The predicted molar refractivity (Wildman–Crippen MR) is 80.4 cm³/mol. The van der Waals surface area contributed by atoms with Crippen LogP contribution in [0.4, 0.5) is 17.1 Å². The van der Waals surface area contributed by atoms with Gasteiger partial charge in [0, 0.05) is 29.7 Å². The Hall–Kier alpha value is -2.53. The molecule has 0 radical (unpaired) electrons. The van der Waals surface area contributed by atoms with Crippen molar-refractivity contribution in [2.75, 3.05) is 23.9 Å². The minimum absolute atomic E-state index is 0.251. The first-order chi connectivity index (χ1) is 9.58. The zero-order chi connectivity index (χ0) is 14.5. The Kier molecular flexibility index (Phi) is 4.22. The van der Waals surface area contributed by atoms with Gasteiger partial charge < -0.3 is 21.5 Å². The lowest BCUT2D eigenvalue weighted by atomic mass is 10.1. The Morgan fingerprint density at radius 3 is 2.50 bits per heavy atom. The molecule has 0 heterocycles. The van der Waals surface area contributed by atoms with Gasteiger partial charge in [0.05, 0.1) is 6.61 Å². The minimum Gasteiger partial charge on any atom is -0.399 e. The predicted octanol–water partition coefficient (Wildman–Crippen LogP) is 2.25. The third kappa shape index (κ3) is 3.49. The summed E-state index contributed by atoms with van der Waals surface area (Å²) in [5.41, 5.74) is 14.4. The van der Waals surface area contributed by atoms with Crippen molar-refractivity contribution in [3.8, 4) is 0 Å². The second-order valence-electron chi connectivity index (χ2n) is 4.48. The Labute approximate surface area is 117 Å². The van der Waals surface area contributed by atoms with Gasteiger partial charge in [-0.3, -0.25) is 4.79 Å². The molecule has 0 spiro atoms. The van der Waals surface area contributed by atoms with Crippen LogP contribution in [0.5, 0.6) is 0 Å². The monoisotopic (exact) mass is 271 g/mol. The van der Waals surface area contributed by atoms with Gasteiger partial charge in [0.25, 0.3) is 5.91 Å². The first-order valence-electron chi connectivity index (χ1n) is 6.14. The maximum atomic E-state index is 12.1. The Morgan fingerprint density at radius 2 is 1.85 bits per heavy atom. The van der Waals surface area contributed by atoms with Gasteiger partial charge in [0.1, 0.15) is 0 Å². The summed E-state index contributed by atoms with van der Waals surface area (Å²) in [6.07, 6.45) is 0. The van der Waals surface area contributed by atoms with Crippen molar-refractivity contribution in [3.05, 3.63) is 53.6 Å². The molecular weight excluding hydrogens is 254 g/mol. The van der Waals surface area contributed by atoms with E-state index in [0.29, 0.717) is 29.2 Å². The van der Waals surface area contributed by atoms with Gasteiger partial charge in [-0.05, 0) is 35.9 Å². The summed E-state index contributed by atoms with van der Waals surface area (Å²) in [5.74, 6) is -0.251. The Balaban J connectivity index is 2.16. The normalized spacial score (nSPS) is 10.2. The molecule has 20 heavy (non-hydrogen) atoms. The minimum atomic E-state index is -0.251. The Bertz CT molecular complexity index is 606. The maximum Gasteiger partial charge on any atom is 0.255 e. The number of carbonyl (C=O) groups excluding carboxylic acids is 1. The molecule has 0 aliphatic heterocycles. The van der Waals surface area contributed by atoms with E-state index in [2.05, 4.69) is 5.32 Å². The summed E-state index contributed by atoms with van der Waals surface area (Å²) < 4.78 is 5.06. The van der Waals surface area contributed by atoms with Crippen molar-refractivity contribution in [1.82, 2.24) is 0 Å². The number of amides is 1. The summed E-state index contributed by atoms with van der Waals surface area (Å²) >= 11 is 0. The SMILES string of the molecule is COCc1cccc(NC(=O)c2cc(N)cc(N)c2)c1. The van der Waals surface area contributed by atoms with E-state index in [9.17, 15) is 4.79 Å². The van der Waals surface area contributed by atoms with Crippen LogP contribution in [0.1, 0.15) is 15.9 Å². The van der Waals surface area contributed by atoms with Gasteiger partial charge in [0.2, 0.25) is 0 Å². The zero-order valence-corrected chi connectivity index (χ0v) is 11.2. The molecule has 5 nitrogen and oxygen atoms in total. The number of carbonyl (C=O) groups is 1. The lowest BCUT2D eigenvalue weighted by Gasteiger charge is -2.08. The number of nitrogens with one attached hydrogen (secondary N) is 1. The molecule has 5 N–H and O–H groups in total. The van der Waals surface area contributed by atoms with Crippen LogP contribution in [0.25, 0.3) is 0 Å². The second-order valence-corrected chi connectivity index (χ2v) is 4.48. The first kappa shape index (κ1) is 13.9. The lowest BCUT2D eigenvalue weighted by Crippen LogP contribution is -2.13. The van der Waals surface area contributed by atoms with E-state index < -0.39 is 0 Å². The smallest absolute Gasteiger partial charge is 0.255 e. The van der Waals surface area contributed by atoms with E-state index in [1.165, 1.54) is 0 Å². The van der Waals surface area contributed by atoms with Gasteiger partial charge in [-0.1, -0.05) is 12.1 Å². The molecule has 2 aromatic rings. The van der Waals surface area contributed by atoms with Crippen molar-refractivity contribution in [1.29, 1.82) is 0 Å². The summed E-state index contributed by atoms with van der Waals surface area (Å²) in [6.45, 7) is 0.495. The number of anilines is 3. The van der Waals surface area contributed by atoms with E-state index >= 15 is 0 Å². The van der Waals surface area contributed by atoms with E-state index in [1.54, 1.807) is 25.3 Å². The molecule has 0 saturated carbocycles. The number of benzene rings is 2. The standard InChI is InChI=1S/C15H17N3O2/c1-20-9-10-3-2-4-14(5-10)18-15(19)11-6-12(16)8-13(17)7-11/h2-8H,9,16-17H2,1H3,(H,18,19). The third-order valence-electron chi connectivity index (χ3n) is 2.74. The van der Waals surface area contributed by atoms with Crippen LogP contribution in [-0.4, -0.2) is 13.0 Å². The number of ether oxygens (including phenoxy) is 1. The van der Waals surface area contributed by atoms with E-state index in [1.807, 2.05) is 24.3 Å². The number of rotatable bonds is 4. The molecule has 0 saturated heterocycles. The summed E-state index contributed by atoms with van der Waals surface area (Å²) in [4.78, 5) is 12.1. The summed E-state index contributed by atoms with van der Waals surface area (Å²) in [5, 5.41) is 2.81. The topological polar surface area (TPSA) is 90.4 Å². The Morgan fingerprint density at radius 1 is 1.15 bits per heavy atom. The molecule has 2 rings (SSSR count). The van der Waals surface area contributed by atoms with Crippen LogP contribution in [0.2, 0.25) is 0 Å². The van der Waals surface area contributed by atoms with Gasteiger partial charge in [-0.25, -0.2) is 0 Å². The van der Waals surface area contributed by atoms with Crippen molar-refractivity contribution < 1.29 is 9.53 Å². The highest BCUT2D eigenvalue weighted by Crippen LogP contribution is 2.17. The molecule has 0 atom stereocenters. The van der Waals surface area contributed by atoms with Crippen molar-refractivity contribution in [2.24, 2.45) is 0 Å². The molecule has 1 amide bonds. The molecule has 0 fully saturated rings. The fourth-order valence-electron chi connectivity index (χ4n) is 1.92. The summed E-state index contributed by atoms with van der Waals surface area (Å²) in [7, 11) is 1.63. The van der Waals surface area contributed by atoms with Gasteiger partial charge in [-0.15, -0.1) is 0 Å². The highest BCUT2D eigenvalue weighted by atomic mass is 16.5.